The van der Waals surface area contributed by atoms with Gasteiger partial charge in [-0.15, -0.1) is 0 Å². The summed E-state index contributed by atoms with van der Waals surface area (Å²) < 4.78 is 26.8. The molecule has 1 fully saturated rings. The smallest absolute Gasteiger partial charge is 0.244 e. The van der Waals surface area contributed by atoms with Crippen molar-refractivity contribution in [2.45, 2.75) is 24.3 Å². The second-order valence-electron chi connectivity index (χ2n) is 6.00. The van der Waals surface area contributed by atoms with Crippen LogP contribution in [0.1, 0.15) is 18.5 Å². The molecule has 120 valence electrons. The first kappa shape index (κ1) is 16.5. The lowest BCUT2D eigenvalue weighted by Gasteiger charge is -2.32. The zero-order valence-electron chi connectivity index (χ0n) is 13.1. The van der Waals surface area contributed by atoms with Crippen LogP contribution in [0.3, 0.4) is 0 Å². The van der Waals surface area contributed by atoms with E-state index in [0.717, 1.165) is 25.1 Å². The summed E-state index contributed by atoms with van der Waals surface area (Å²) in [5.41, 5.74) is 0.888. The molecular weight excluding hydrogens is 288 g/mol. The van der Waals surface area contributed by atoms with Crippen molar-refractivity contribution >= 4 is 10.0 Å². The van der Waals surface area contributed by atoms with Gasteiger partial charge in [0.15, 0.2) is 0 Å². The molecule has 1 aromatic heterocycles. The molecule has 7 heteroatoms. The molecule has 0 radical (unpaired) electrons. The molecule has 0 unspecified atom stereocenters. The lowest BCUT2D eigenvalue weighted by Crippen LogP contribution is -2.40. The summed E-state index contributed by atoms with van der Waals surface area (Å²) in [7, 11) is 2.61. The van der Waals surface area contributed by atoms with Crippen LogP contribution in [-0.2, 0) is 16.6 Å². The summed E-state index contributed by atoms with van der Waals surface area (Å²) in [6.07, 6.45) is 3.46. The predicted molar refractivity (Wildman–Crippen MR) is 83.6 cm³/mol. The summed E-state index contributed by atoms with van der Waals surface area (Å²) in [5.74, 6) is 0.595. The van der Waals surface area contributed by atoms with Gasteiger partial charge >= 0.3 is 0 Å². The van der Waals surface area contributed by atoms with Crippen molar-refractivity contribution in [3.05, 3.63) is 18.0 Å². The minimum Gasteiger partial charge on any atom is -0.363 e. The van der Waals surface area contributed by atoms with Crippen LogP contribution in [0.2, 0.25) is 0 Å². The minimum atomic E-state index is -3.35. The number of hydrogen-bond acceptors (Lipinski definition) is 4. The Labute approximate surface area is 127 Å². The van der Waals surface area contributed by atoms with E-state index in [1.807, 2.05) is 7.05 Å². The normalized spacial score (nSPS) is 18.5. The Morgan fingerprint density at radius 3 is 2.62 bits per heavy atom. The van der Waals surface area contributed by atoms with E-state index in [-0.39, 0.29) is 0 Å². The molecule has 21 heavy (non-hydrogen) atoms. The standard InChI is InChI=1S/C14H26N4O2S/c1-15-9-13-8-14(10-16-13)21(19,20)18-6-4-12(5-7-18)11-17(2)3/h8,10,12,15-16H,4-7,9,11H2,1-3H3. The number of nitrogens with zero attached hydrogens (tertiary/aromatic N) is 2. The van der Waals surface area contributed by atoms with Crippen LogP contribution in [0, 0.1) is 5.92 Å². The molecule has 0 amide bonds. The highest BCUT2D eigenvalue weighted by Crippen LogP contribution is 2.24. The molecule has 1 aromatic rings. The van der Waals surface area contributed by atoms with E-state index in [0.29, 0.717) is 30.4 Å². The molecular formula is C14H26N4O2S. The molecule has 2 N–H and O–H groups in total. The van der Waals surface area contributed by atoms with Crippen molar-refractivity contribution in [1.82, 2.24) is 19.5 Å². The third-order valence-corrected chi connectivity index (χ3v) is 5.79. The van der Waals surface area contributed by atoms with Crippen LogP contribution in [0.5, 0.6) is 0 Å². The van der Waals surface area contributed by atoms with Gasteiger partial charge in [0, 0.05) is 38.1 Å². The first-order valence-corrected chi connectivity index (χ1v) is 8.84. The van der Waals surface area contributed by atoms with Crippen molar-refractivity contribution in [2.24, 2.45) is 5.92 Å². The fourth-order valence-electron chi connectivity index (χ4n) is 2.86. The third-order valence-electron chi connectivity index (χ3n) is 3.92. The van der Waals surface area contributed by atoms with E-state index in [2.05, 4.69) is 29.3 Å². The Hall–Kier alpha value is -0.890. The van der Waals surface area contributed by atoms with Gasteiger partial charge in [-0.3, -0.25) is 0 Å². The summed E-state index contributed by atoms with van der Waals surface area (Å²) in [6, 6.07) is 1.72. The molecule has 1 saturated heterocycles. The van der Waals surface area contributed by atoms with E-state index < -0.39 is 10.0 Å². The van der Waals surface area contributed by atoms with E-state index in [1.54, 1.807) is 16.6 Å². The maximum atomic E-state index is 12.6. The average molecular weight is 314 g/mol. The van der Waals surface area contributed by atoms with E-state index >= 15 is 0 Å². The fourth-order valence-corrected chi connectivity index (χ4v) is 4.35. The number of aromatic nitrogens is 1. The van der Waals surface area contributed by atoms with E-state index in [9.17, 15) is 8.42 Å². The molecule has 0 aliphatic carbocycles. The van der Waals surface area contributed by atoms with Crippen LogP contribution in [0.4, 0.5) is 0 Å². The highest BCUT2D eigenvalue weighted by molar-refractivity contribution is 7.89. The maximum absolute atomic E-state index is 12.6. The van der Waals surface area contributed by atoms with Crippen LogP contribution >= 0.6 is 0 Å². The number of H-pyrrole nitrogens is 1. The Morgan fingerprint density at radius 2 is 2.05 bits per heavy atom. The molecule has 2 rings (SSSR count). The van der Waals surface area contributed by atoms with Gasteiger partial charge in [0.05, 0.1) is 4.90 Å². The lowest BCUT2D eigenvalue weighted by molar-refractivity contribution is 0.225. The van der Waals surface area contributed by atoms with Crippen LogP contribution < -0.4 is 5.32 Å². The van der Waals surface area contributed by atoms with Crippen LogP contribution in [0.25, 0.3) is 0 Å². The van der Waals surface area contributed by atoms with Gasteiger partial charge in [-0.25, -0.2) is 8.42 Å². The zero-order chi connectivity index (χ0) is 15.5. The average Bonchev–Trinajstić information content (AvgIpc) is 2.88. The molecule has 0 bridgehead atoms. The van der Waals surface area contributed by atoms with Gasteiger partial charge < -0.3 is 15.2 Å². The summed E-state index contributed by atoms with van der Waals surface area (Å²) in [5, 5.41) is 3.01. The quantitative estimate of drug-likeness (QED) is 0.811. The number of nitrogens with one attached hydrogen (secondary N) is 2. The van der Waals surface area contributed by atoms with Crippen molar-refractivity contribution < 1.29 is 8.42 Å². The number of hydrogen-bond donors (Lipinski definition) is 2. The number of rotatable bonds is 6. The first-order valence-electron chi connectivity index (χ1n) is 7.40. The van der Waals surface area contributed by atoms with E-state index in [1.165, 1.54) is 0 Å². The number of piperidine rings is 1. The number of aromatic amines is 1. The molecule has 1 aliphatic heterocycles. The Morgan fingerprint density at radius 1 is 1.38 bits per heavy atom. The summed E-state index contributed by atoms with van der Waals surface area (Å²) >= 11 is 0. The topological polar surface area (TPSA) is 68.4 Å². The molecule has 0 aromatic carbocycles. The van der Waals surface area contributed by atoms with Crippen molar-refractivity contribution in [3.8, 4) is 0 Å². The van der Waals surface area contributed by atoms with Crippen LogP contribution in [-0.4, -0.2) is 63.4 Å². The summed E-state index contributed by atoms with van der Waals surface area (Å²) in [6.45, 7) is 2.91. The second-order valence-corrected chi connectivity index (χ2v) is 7.94. The molecule has 6 nitrogen and oxygen atoms in total. The maximum Gasteiger partial charge on any atom is 0.244 e. The molecule has 0 atom stereocenters. The van der Waals surface area contributed by atoms with Crippen molar-refractivity contribution in [2.75, 3.05) is 40.8 Å². The lowest BCUT2D eigenvalue weighted by atomic mass is 9.98. The SMILES string of the molecule is CNCc1cc(S(=O)(=O)N2CCC(CN(C)C)CC2)c[nH]1. The van der Waals surface area contributed by atoms with Gasteiger partial charge in [0.25, 0.3) is 0 Å². The minimum absolute atomic E-state index is 0.374. The molecule has 0 saturated carbocycles. The Kier molecular flexibility index (Phi) is 5.43. The summed E-state index contributed by atoms with van der Waals surface area (Å²) in [4.78, 5) is 5.56. The van der Waals surface area contributed by atoms with Gasteiger partial charge in [0.1, 0.15) is 0 Å². The monoisotopic (exact) mass is 314 g/mol. The molecule has 0 spiro atoms. The zero-order valence-corrected chi connectivity index (χ0v) is 13.9. The van der Waals surface area contributed by atoms with Crippen LogP contribution in [0.15, 0.2) is 17.2 Å². The highest BCUT2D eigenvalue weighted by atomic mass is 32.2. The molecule has 2 heterocycles. The highest BCUT2D eigenvalue weighted by Gasteiger charge is 2.30. The van der Waals surface area contributed by atoms with Crippen molar-refractivity contribution in [3.63, 3.8) is 0 Å². The molecule has 1 aliphatic rings. The third kappa shape index (κ3) is 4.06. The largest absolute Gasteiger partial charge is 0.363 e. The number of sulfonamides is 1. The fraction of sp³-hybridized carbons (Fsp3) is 0.714. The van der Waals surface area contributed by atoms with Crippen molar-refractivity contribution in [1.29, 1.82) is 0 Å². The van der Waals surface area contributed by atoms with Gasteiger partial charge in [-0.1, -0.05) is 0 Å². The predicted octanol–water partition coefficient (Wildman–Crippen LogP) is 0.696. The second kappa shape index (κ2) is 6.91. The van der Waals surface area contributed by atoms with Gasteiger partial charge in [-0.2, -0.15) is 4.31 Å². The Balaban J connectivity index is 2.00. The van der Waals surface area contributed by atoms with Gasteiger partial charge in [0.2, 0.25) is 10.0 Å². The first-order chi connectivity index (χ1) is 9.93. The Bertz CT molecular complexity index is 545. The van der Waals surface area contributed by atoms with Gasteiger partial charge in [-0.05, 0) is 46.0 Å². The van der Waals surface area contributed by atoms with E-state index in [4.69, 9.17) is 0 Å².